The smallest absolute Gasteiger partial charge is 0.258 e. The number of benzene rings is 2. The molecule has 0 atom stereocenters. The Morgan fingerprint density at radius 2 is 1.87 bits per heavy atom. The first-order valence-corrected chi connectivity index (χ1v) is 7.77. The highest BCUT2D eigenvalue weighted by molar-refractivity contribution is 6.31. The van der Waals surface area contributed by atoms with Crippen LogP contribution >= 0.6 is 11.6 Å². The monoisotopic (exact) mass is 333 g/mol. The first-order chi connectivity index (χ1) is 11.0. The fraction of sp³-hybridized carbons (Fsp3) is 0.278. The van der Waals surface area contributed by atoms with Gasteiger partial charge < -0.3 is 14.8 Å². The molecule has 0 unspecified atom stereocenters. The number of hydrogen-bond acceptors (Lipinski definition) is 3. The van der Waals surface area contributed by atoms with Gasteiger partial charge in [0.05, 0.1) is 6.54 Å². The van der Waals surface area contributed by atoms with E-state index in [1.165, 1.54) is 0 Å². The van der Waals surface area contributed by atoms with Crippen LogP contribution < -0.4 is 14.8 Å². The van der Waals surface area contributed by atoms with Crippen molar-refractivity contribution in [3.05, 3.63) is 58.6 Å². The van der Waals surface area contributed by atoms with Gasteiger partial charge in [0.25, 0.3) is 5.91 Å². The number of ether oxygens (including phenoxy) is 2. The summed E-state index contributed by atoms with van der Waals surface area (Å²) < 4.78 is 11.0. The molecule has 0 spiro atoms. The molecule has 2 rings (SSSR count). The van der Waals surface area contributed by atoms with E-state index in [9.17, 15) is 4.79 Å². The average molecular weight is 334 g/mol. The van der Waals surface area contributed by atoms with Crippen LogP contribution in [0.2, 0.25) is 5.02 Å². The van der Waals surface area contributed by atoms with Crippen LogP contribution in [0, 0.1) is 13.8 Å². The number of amides is 1. The number of aryl methyl sites for hydroxylation is 2. The Labute approximate surface area is 141 Å². The van der Waals surface area contributed by atoms with Crippen LogP contribution in [0.5, 0.6) is 11.5 Å². The van der Waals surface area contributed by atoms with Crippen molar-refractivity contribution < 1.29 is 14.3 Å². The van der Waals surface area contributed by atoms with Gasteiger partial charge in [-0.3, -0.25) is 4.79 Å². The normalized spacial score (nSPS) is 10.2. The summed E-state index contributed by atoms with van der Waals surface area (Å²) in [4.78, 5) is 11.7. The minimum atomic E-state index is -0.183. The molecule has 1 N–H and O–H groups in total. The van der Waals surface area contributed by atoms with Gasteiger partial charge in [-0.25, -0.2) is 0 Å². The van der Waals surface area contributed by atoms with Gasteiger partial charge in [0.15, 0.2) is 6.61 Å². The predicted molar refractivity (Wildman–Crippen MR) is 91.4 cm³/mol. The second-order valence-corrected chi connectivity index (χ2v) is 5.62. The van der Waals surface area contributed by atoms with Gasteiger partial charge in [0.2, 0.25) is 0 Å². The van der Waals surface area contributed by atoms with Crippen LogP contribution in [0.3, 0.4) is 0 Å². The Balaban J connectivity index is 1.65. The molecule has 5 heteroatoms. The van der Waals surface area contributed by atoms with Crippen molar-refractivity contribution in [3.63, 3.8) is 0 Å². The fourth-order valence-electron chi connectivity index (χ4n) is 1.93. The van der Waals surface area contributed by atoms with Crippen molar-refractivity contribution >= 4 is 17.5 Å². The molecule has 0 aliphatic rings. The quantitative estimate of drug-likeness (QED) is 0.788. The minimum absolute atomic E-state index is 0.0141. The van der Waals surface area contributed by atoms with Gasteiger partial charge >= 0.3 is 0 Å². The average Bonchev–Trinajstić information content (AvgIpc) is 2.53. The maximum Gasteiger partial charge on any atom is 0.258 e. The largest absolute Gasteiger partial charge is 0.492 e. The summed E-state index contributed by atoms with van der Waals surface area (Å²) in [6, 6.07) is 13.1. The van der Waals surface area contributed by atoms with E-state index >= 15 is 0 Å². The molecule has 0 aromatic heterocycles. The molecule has 2 aromatic rings. The standard InChI is InChI=1S/C18H20ClNO3/c1-13-4-3-5-15(10-13)23-12-18(21)20-8-9-22-16-7-6-14(2)17(19)11-16/h3-7,10-11H,8-9,12H2,1-2H3,(H,20,21). The van der Waals surface area contributed by atoms with Gasteiger partial charge in [-0.2, -0.15) is 0 Å². The van der Waals surface area contributed by atoms with Gasteiger partial charge in [-0.05, 0) is 49.2 Å². The zero-order valence-electron chi connectivity index (χ0n) is 13.3. The zero-order chi connectivity index (χ0) is 16.7. The minimum Gasteiger partial charge on any atom is -0.492 e. The van der Waals surface area contributed by atoms with Crippen molar-refractivity contribution in [2.45, 2.75) is 13.8 Å². The van der Waals surface area contributed by atoms with Crippen molar-refractivity contribution in [1.82, 2.24) is 5.32 Å². The lowest BCUT2D eigenvalue weighted by Gasteiger charge is -2.10. The van der Waals surface area contributed by atoms with Crippen LogP contribution in [-0.2, 0) is 4.79 Å². The van der Waals surface area contributed by atoms with Crippen LogP contribution in [0.25, 0.3) is 0 Å². The third-order valence-electron chi connectivity index (χ3n) is 3.20. The maximum absolute atomic E-state index is 11.7. The van der Waals surface area contributed by atoms with Gasteiger partial charge in [0, 0.05) is 5.02 Å². The molecule has 0 radical (unpaired) electrons. The molecule has 0 aliphatic carbocycles. The molecule has 2 aromatic carbocycles. The summed E-state index contributed by atoms with van der Waals surface area (Å²) in [5.41, 5.74) is 2.09. The van der Waals surface area contributed by atoms with E-state index < -0.39 is 0 Å². The molecule has 23 heavy (non-hydrogen) atoms. The summed E-state index contributed by atoms with van der Waals surface area (Å²) in [5.74, 6) is 1.19. The van der Waals surface area contributed by atoms with E-state index in [-0.39, 0.29) is 12.5 Å². The van der Waals surface area contributed by atoms with E-state index in [0.29, 0.717) is 29.7 Å². The van der Waals surface area contributed by atoms with Crippen molar-refractivity contribution in [2.75, 3.05) is 19.8 Å². The van der Waals surface area contributed by atoms with E-state index in [0.717, 1.165) is 11.1 Å². The highest BCUT2D eigenvalue weighted by atomic mass is 35.5. The van der Waals surface area contributed by atoms with E-state index in [2.05, 4.69) is 5.32 Å². The van der Waals surface area contributed by atoms with Crippen molar-refractivity contribution in [3.8, 4) is 11.5 Å². The third-order valence-corrected chi connectivity index (χ3v) is 3.60. The van der Waals surface area contributed by atoms with Crippen LogP contribution in [0.4, 0.5) is 0 Å². The maximum atomic E-state index is 11.7. The number of halogens is 1. The lowest BCUT2D eigenvalue weighted by atomic mass is 10.2. The molecule has 0 aliphatic heterocycles. The second-order valence-electron chi connectivity index (χ2n) is 5.21. The van der Waals surface area contributed by atoms with Gasteiger partial charge in [0.1, 0.15) is 18.1 Å². The number of nitrogens with one attached hydrogen (secondary N) is 1. The van der Waals surface area contributed by atoms with Gasteiger partial charge in [-0.15, -0.1) is 0 Å². The molecular weight excluding hydrogens is 314 g/mol. The third kappa shape index (κ3) is 5.83. The first-order valence-electron chi connectivity index (χ1n) is 7.40. The molecule has 1 amide bonds. The molecule has 0 fully saturated rings. The van der Waals surface area contributed by atoms with Crippen LogP contribution in [0.15, 0.2) is 42.5 Å². The lowest BCUT2D eigenvalue weighted by molar-refractivity contribution is -0.123. The predicted octanol–water partition coefficient (Wildman–Crippen LogP) is 3.53. The van der Waals surface area contributed by atoms with Crippen molar-refractivity contribution in [1.29, 1.82) is 0 Å². The zero-order valence-corrected chi connectivity index (χ0v) is 14.0. The highest BCUT2D eigenvalue weighted by Crippen LogP contribution is 2.21. The SMILES string of the molecule is Cc1cccc(OCC(=O)NCCOc2ccc(C)c(Cl)c2)c1. The van der Waals surface area contributed by atoms with E-state index in [4.69, 9.17) is 21.1 Å². The number of hydrogen-bond donors (Lipinski definition) is 1. The summed E-state index contributed by atoms with van der Waals surface area (Å²) in [6.45, 7) is 4.67. The van der Waals surface area contributed by atoms with E-state index in [1.54, 1.807) is 6.07 Å². The Morgan fingerprint density at radius 1 is 1.09 bits per heavy atom. The molecular formula is C18H20ClNO3. The topological polar surface area (TPSA) is 47.6 Å². The molecule has 0 saturated heterocycles. The summed E-state index contributed by atoms with van der Waals surface area (Å²) in [5, 5.41) is 3.41. The van der Waals surface area contributed by atoms with Crippen molar-refractivity contribution in [2.24, 2.45) is 0 Å². The molecule has 4 nitrogen and oxygen atoms in total. The fourth-order valence-corrected chi connectivity index (χ4v) is 2.10. The number of carbonyl (C=O) groups is 1. The summed E-state index contributed by atoms with van der Waals surface area (Å²) >= 11 is 6.02. The molecule has 0 bridgehead atoms. The Bertz CT molecular complexity index is 673. The number of rotatable bonds is 7. The second kappa shape index (κ2) is 8.44. The van der Waals surface area contributed by atoms with Gasteiger partial charge in [-0.1, -0.05) is 29.8 Å². The Morgan fingerprint density at radius 3 is 2.61 bits per heavy atom. The summed E-state index contributed by atoms with van der Waals surface area (Å²) in [7, 11) is 0. The molecule has 0 heterocycles. The Kier molecular flexibility index (Phi) is 6.29. The van der Waals surface area contributed by atoms with E-state index in [1.807, 2.05) is 50.2 Å². The first kappa shape index (κ1) is 17.2. The van der Waals surface area contributed by atoms with Crippen LogP contribution in [0.1, 0.15) is 11.1 Å². The molecule has 122 valence electrons. The Hall–Kier alpha value is -2.20. The highest BCUT2D eigenvalue weighted by Gasteiger charge is 2.03. The number of carbonyl (C=O) groups excluding carboxylic acids is 1. The lowest BCUT2D eigenvalue weighted by Crippen LogP contribution is -2.32. The summed E-state index contributed by atoms with van der Waals surface area (Å²) in [6.07, 6.45) is 0. The van der Waals surface area contributed by atoms with Crippen LogP contribution in [-0.4, -0.2) is 25.7 Å². The molecule has 0 saturated carbocycles.